The summed E-state index contributed by atoms with van der Waals surface area (Å²) in [6.45, 7) is 5.43. The van der Waals surface area contributed by atoms with Crippen molar-refractivity contribution >= 4 is 35.2 Å². The maximum absolute atomic E-state index is 13.5. The molecule has 1 N–H and O–H groups in total. The van der Waals surface area contributed by atoms with Crippen molar-refractivity contribution in [3.05, 3.63) is 36.4 Å². The minimum atomic E-state index is -0.814. The second-order valence-electron chi connectivity index (χ2n) is 9.06. The fourth-order valence-electron chi connectivity index (χ4n) is 5.46. The maximum atomic E-state index is 13.5. The molecule has 34 heavy (non-hydrogen) atoms. The van der Waals surface area contributed by atoms with E-state index in [2.05, 4.69) is 5.32 Å². The van der Waals surface area contributed by atoms with Gasteiger partial charge in [-0.25, -0.2) is 4.79 Å². The van der Waals surface area contributed by atoms with Crippen molar-refractivity contribution in [2.45, 2.75) is 25.6 Å². The van der Waals surface area contributed by atoms with E-state index in [1.54, 1.807) is 45.9 Å². The lowest BCUT2D eigenvalue weighted by Gasteiger charge is -2.36. The van der Waals surface area contributed by atoms with Crippen LogP contribution in [0, 0.1) is 11.8 Å². The molecule has 1 aromatic carbocycles. The second-order valence-corrected chi connectivity index (χ2v) is 9.06. The Kier molecular flexibility index (Phi) is 5.55. The average molecular weight is 469 g/mol. The highest BCUT2D eigenvalue weighted by Crippen LogP contribution is 2.53. The van der Waals surface area contributed by atoms with Crippen molar-refractivity contribution < 1.29 is 28.7 Å². The largest absolute Gasteiger partial charge is 0.450 e. The van der Waals surface area contributed by atoms with E-state index >= 15 is 0 Å². The Bertz CT molecular complexity index is 1050. The van der Waals surface area contributed by atoms with Crippen molar-refractivity contribution in [1.29, 1.82) is 0 Å². The number of carbonyl (C=O) groups is 4. The lowest BCUT2D eigenvalue weighted by molar-refractivity contribution is -0.141. The molecular formula is C24H28N4O6. The van der Waals surface area contributed by atoms with Gasteiger partial charge in [0.1, 0.15) is 5.60 Å². The molecule has 1 spiro atoms. The zero-order valence-corrected chi connectivity index (χ0v) is 19.2. The van der Waals surface area contributed by atoms with Crippen LogP contribution in [0.1, 0.15) is 13.8 Å². The van der Waals surface area contributed by atoms with Gasteiger partial charge in [-0.05, 0) is 31.2 Å². The van der Waals surface area contributed by atoms with E-state index in [-0.39, 0.29) is 23.8 Å². The molecule has 4 atom stereocenters. The van der Waals surface area contributed by atoms with Crippen molar-refractivity contribution in [3.8, 4) is 0 Å². The van der Waals surface area contributed by atoms with Gasteiger partial charge in [-0.3, -0.25) is 14.4 Å². The smallest absolute Gasteiger partial charge is 0.409 e. The van der Waals surface area contributed by atoms with E-state index in [9.17, 15) is 19.2 Å². The first-order valence-electron chi connectivity index (χ1n) is 11.6. The number of nitrogens with one attached hydrogen (secondary N) is 1. The van der Waals surface area contributed by atoms with Gasteiger partial charge < -0.3 is 29.5 Å². The van der Waals surface area contributed by atoms with Crippen LogP contribution in [-0.2, 0) is 23.9 Å². The van der Waals surface area contributed by atoms with E-state index in [1.807, 2.05) is 12.2 Å². The average Bonchev–Trinajstić information content (AvgIpc) is 3.47. The fourth-order valence-corrected chi connectivity index (χ4v) is 5.46. The van der Waals surface area contributed by atoms with Crippen LogP contribution in [0.15, 0.2) is 36.4 Å². The van der Waals surface area contributed by atoms with Gasteiger partial charge in [0.2, 0.25) is 17.7 Å². The highest BCUT2D eigenvalue weighted by molar-refractivity contribution is 6.03. The number of benzene rings is 1. The summed E-state index contributed by atoms with van der Waals surface area (Å²) in [5.74, 6) is -1.59. The van der Waals surface area contributed by atoms with Gasteiger partial charge in [0.15, 0.2) is 0 Å². The predicted octanol–water partition coefficient (Wildman–Crippen LogP) is 1.23. The predicted molar refractivity (Wildman–Crippen MR) is 122 cm³/mol. The monoisotopic (exact) mass is 468 g/mol. The van der Waals surface area contributed by atoms with Crippen LogP contribution in [0.3, 0.4) is 0 Å². The summed E-state index contributed by atoms with van der Waals surface area (Å²) in [7, 11) is 0. The molecular weight excluding hydrogens is 440 g/mol. The summed E-state index contributed by atoms with van der Waals surface area (Å²) in [5.41, 5.74) is 0.524. The number of carbonyl (C=O) groups excluding carboxylic acids is 4. The Morgan fingerprint density at radius 3 is 2.44 bits per heavy atom. The first kappa shape index (κ1) is 22.4. The number of fused-ring (bicyclic) bond motifs is 1. The zero-order valence-electron chi connectivity index (χ0n) is 19.2. The van der Waals surface area contributed by atoms with Crippen molar-refractivity contribution in [1.82, 2.24) is 9.80 Å². The SMILES string of the molecule is CCOC(=O)N1CCN(C(=O)C2C3C(=O)N(c4ccc(NC(C)=O)cc4)C[C@]34C=C[C@H]2O4)CC1. The van der Waals surface area contributed by atoms with Crippen LogP contribution in [0.25, 0.3) is 0 Å². The van der Waals surface area contributed by atoms with E-state index in [0.29, 0.717) is 50.7 Å². The standard InChI is InChI=1S/C24H28N4O6/c1-3-33-23(32)27-12-10-26(11-13-27)21(30)19-18-8-9-24(34-18)14-28(22(31)20(19)24)17-6-4-16(5-7-17)25-15(2)29/h4-9,18-20H,3,10-14H2,1-2H3,(H,25,29)/t18-,19?,20?,24-/m1/s1. The molecule has 10 heteroatoms. The number of hydrogen-bond donors (Lipinski definition) is 1. The number of anilines is 2. The summed E-state index contributed by atoms with van der Waals surface area (Å²) >= 11 is 0. The van der Waals surface area contributed by atoms with E-state index in [1.165, 1.54) is 6.92 Å². The molecule has 0 aliphatic carbocycles. The molecule has 4 heterocycles. The molecule has 0 saturated carbocycles. The summed E-state index contributed by atoms with van der Waals surface area (Å²) in [4.78, 5) is 55.3. The molecule has 4 amide bonds. The number of amides is 4. The zero-order chi connectivity index (χ0) is 24.0. The topological polar surface area (TPSA) is 108 Å². The number of hydrogen-bond acceptors (Lipinski definition) is 6. The lowest BCUT2D eigenvalue weighted by atomic mass is 9.76. The molecule has 2 bridgehead atoms. The maximum Gasteiger partial charge on any atom is 0.409 e. The quantitative estimate of drug-likeness (QED) is 0.666. The van der Waals surface area contributed by atoms with Gasteiger partial charge in [-0.15, -0.1) is 0 Å². The van der Waals surface area contributed by atoms with Gasteiger partial charge in [-0.1, -0.05) is 12.2 Å². The van der Waals surface area contributed by atoms with Gasteiger partial charge in [-0.2, -0.15) is 0 Å². The van der Waals surface area contributed by atoms with Crippen LogP contribution in [-0.4, -0.2) is 84.7 Å². The Labute approximate surface area is 197 Å². The Balaban J connectivity index is 1.31. The third-order valence-electron chi connectivity index (χ3n) is 7.00. The van der Waals surface area contributed by atoms with Crippen LogP contribution in [0.4, 0.5) is 16.2 Å². The van der Waals surface area contributed by atoms with Crippen LogP contribution in [0.2, 0.25) is 0 Å². The molecule has 4 aliphatic rings. The van der Waals surface area contributed by atoms with Crippen LogP contribution >= 0.6 is 0 Å². The fraction of sp³-hybridized carbons (Fsp3) is 0.500. The van der Waals surface area contributed by atoms with Crippen molar-refractivity contribution in [2.24, 2.45) is 11.8 Å². The number of ether oxygens (including phenoxy) is 2. The third kappa shape index (κ3) is 3.62. The van der Waals surface area contributed by atoms with Gasteiger partial charge >= 0.3 is 6.09 Å². The number of piperazine rings is 1. The summed E-state index contributed by atoms with van der Waals surface area (Å²) in [5, 5.41) is 2.71. The first-order valence-corrected chi connectivity index (χ1v) is 11.6. The lowest BCUT2D eigenvalue weighted by Crippen LogP contribution is -2.54. The van der Waals surface area contributed by atoms with E-state index < -0.39 is 23.5 Å². The summed E-state index contributed by atoms with van der Waals surface area (Å²) < 4.78 is 11.3. The molecule has 2 unspecified atom stereocenters. The van der Waals surface area contributed by atoms with Crippen LogP contribution in [0.5, 0.6) is 0 Å². The Morgan fingerprint density at radius 2 is 1.79 bits per heavy atom. The highest BCUT2D eigenvalue weighted by atomic mass is 16.6. The molecule has 180 valence electrons. The minimum absolute atomic E-state index is 0.110. The molecule has 0 aromatic heterocycles. The molecule has 10 nitrogen and oxygen atoms in total. The number of rotatable bonds is 4. The molecule has 5 rings (SSSR count). The Hall–Kier alpha value is -3.40. The van der Waals surface area contributed by atoms with Gasteiger partial charge in [0.05, 0.1) is 31.1 Å². The number of nitrogens with zero attached hydrogens (tertiary/aromatic N) is 3. The molecule has 0 radical (unpaired) electrons. The van der Waals surface area contributed by atoms with Crippen molar-refractivity contribution in [3.63, 3.8) is 0 Å². The first-order chi connectivity index (χ1) is 16.3. The second kappa shape index (κ2) is 8.43. The van der Waals surface area contributed by atoms with Gasteiger partial charge in [0.25, 0.3) is 0 Å². The van der Waals surface area contributed by atoms with Crippen LogP contribution < -0.4 is 10.2 Å². The summed E-state index contributed by atoms with van der Waals surface area (Å²) in [6.07, 6.45) is 3.03. The van der Waals surface area contributed by atoms with E-state index in [4.69, 9.17) is 9.47 Å². The molecule has 4 aliphatic heterocycles. The van der Waals surface area contributed by atoms with E-state index in [0.717, 1.165) is 0 Å². The van der Waals surface area contributed by atoms with Crippen molar-refractivity contribution in [2.75, 3.05) is 49.5 Å². The molecule has 3 fully saturated rings. The molecule has 3 saturated heterocycles. The molecule has 1 aromatic rings. The highest BCUT2D eigenvalue weighted by Gasteiger charge is 2.67. The Morgan fingerprint density at radius 1 is 1.12 bits per heavy atom. The van der Waals surface area contributed by atoms with Gasteiger partial charge in [0, 0.05) is 44.5 Å². The summed E-state index contributed by atoms with van der Waals surface area (Å²) in [6, 6.07) is 7.05. The minimum Gasteiger partial charge on any atom is -0.450 e. The third-order valence-corrected chi connectivity index (χ3v) is 7.00. The normalized spacial score (nSPS) is 29.4.